The molecule has 1 aromatic rings. The number of hydrogen-bond acceptors (Lipinski definition) is 1. The average Bonchev–Trinajstić information content (AvgIpc) is 2.15. The van der Waals surface area contributed by atoms with Crippen molar-refractivity contribution in [2.75, 3.05) is 5.33 Å². The van der Waals surface area contributed by atoms with Gasteiger partial charge in [0.25, 0.3) is 0 Å². The summed E-state index contributed by atoms with van der Waals surface area (Å²) >= 11 is 8.63. The molecule has 0 spiro atoms. The van der Waals surface area contributed by atoms with Gasteiger partial charge in [-0.2, -0.15) is 0 Å². The Morgan fingerprint density at radius 3 is 2.50 bits per heavy atom. The van der Waals surface area contributed by atoms with Gasteiger partial charge >= 0.3 is 0 Å². The van der Waals surface area contributed by atoms with Crippen LogP contribution in [0.25, 0.3) is 0 Å². The van der Waals surface area contributed by atoms with Crippen LogP contribution in [0, 0.1) is 6.92 Å². The van der Waals surface area contributed by atoms with E-state index < -0.39 is 0 Å². The van der Waals surface area contributed by atoms with E-state index >= 15 is 0 Å². The number of aryl methyl sites for hydroxylation is 1. The van der Waals surface area contributed by atoms with Gasteiger partial charge in [0.05, 0.1) is 0 Å². The minimum absolute atomic E-state index is 0.585. The van der Waals surface area contributed by atoms with Gasteiger partial charge in [0.1, 0.15) is 0 Å². The Kier molecular flexibility index (Phi) is 4.27. The van der Waals surface area contributed by atoms with E-state index in [0.717, 1.165) is 10.2 Å². The fourth-order valence-corrected chi connectivity index (χ4v) is 2.02. The molecule has 1 aromatic carbocycles. The van der Waals surface area contributed by atoms with Gasteiger partial charge in [-0.05, 0) is 29.5 Å². The molecular formula is C12H15BrS. The summed E-state index contributed by atoms with van der Waals surface area (Å²) in [7, 11) is 0. The molecule has 0 unspecified atom stereocenters. The summed E-state index contributed by atoms with van der Waals surface area (Å²) < 4.78 is 0. The number of rotatable bonds is 3. The minimum Gasteiger partial charge on any atom is -0.0867 e. The predicted octanol–water partition coefficient (Wildman–Crippen LogP) is 4.23. The summed E-state index contributed by atoms with van der Waals surface area (Å²) in [5.41, 5.74) is 3.91. The lowest BCUT2D eigenvalue weighted by Gasteiger charge is -2.11. The molecule has 0 atom stereocenters. The normalized spacial score (nSPS) is 10.6. The highest BCUT2D eigenvalue weighted by Gasteiger charge is 2.05. The average molecular weight is 271 g/mol. The second-order valence-corrected chi connectivity index (χ2v) is 4.84. The molecule has 0 heterocycles. The Hall–Kier alpha value is -0.210. The Bertz CT molecular complexity index is 342. The van der Waals surface area contributed by atoms with Crippen molar-refractivity contribution in [1.82, 2.24) is 0 Å². The van der Waals surface area contributed by atoms with Crippen molar-refractivity contribution in [3.63, 3.8) is 0 Å². The van der Waals surface area contributed by atoms with Crippen LogP contribution in [0.15, 0.2) is 18.2 Å². The molecule has 0 aromatic heterocycles. The Labute approximate surface area is 99.8 Å². The van der Waals surface area contributed by atoms with Crippen molar-refractivity contribution in [3.05, 3.63) is 34.9 Å². The fraction of sp³-hybridized carbons (Fsp3) is 0.417. The molecule has 0 nitrogen and oxygen atoms in total. The molecule has 0 amide bonds. The van der Waals surface area contributed by atoms with E-state index in [-0.39, 0.29) is 0 Å². The summed E-state index contributed by atoms with van der Waals surface area (Å²) in [4.78, 5) is 0.975. The van der Waals surface area contributed by atoms with Gasteiger partial charge in [-0.3, -0.25) is 0 Å². The molecule has 0 saturated carbocycles. The van der Waals surface area contributed by atoms with E-state index in [1.165, 1.54) is 16.7 Å². The van der Waals surface area contributed by atoms with Crippen LogP contribution in [0.3, 0.4) is 0 Å². The van der Waals surface area contributed by atoms with Crippen LogP contribution in [0.4, 0.5) is 0 Å². The molecule has 1 rings (SSSR count). The third-order valence-corrected chi connectivity index (χ3v) is 3.65. The molecule has 0 aliphatic rings. The van der Waals surface area contributed by atoms with Crippen LogP contribution in [0.1, 0.15) is 36.5 Å². The van der Waals surface area contributed by atoms with Gasteiger partial charge in [-0.25, -0.2) is 0 Å². The second-order valence-electron chi connectivity index (χ2n) is 3.78. The maximum absolute atomic E-state index is 5.24. The smallest absolute Gasteiger partial charge is 0.0391 e. The molecule has 0 aliphatic carbocycles. The molecule has 0 radical (unpaired) electrons. The standard InChI is InChI=1S/C12H15BrS/c1-8(2)11-5-4-10(6-9(11)3)12(14)7-13/h4-6,8H,7H2,1-3H3. The molecule has 0 N–H and O–H groups in total. The lowest BCUT2D eigenvalue weighted by Crippen LogP contribution is -2.00. The first-order chi connectivity index (χ1) is 6.56. The van der Waals surface area contributed by atoms with Gasteiger partial charge in [0.15, 0.2) is 0 Å². The van der Waals surface area contributed by atoms with Gasteiger partial charge in [0, 0.05) is 10.2 Å². The summed E-state index contributed by atoms with van der Waals surface area (Å²) in [6.07, 6.45) is 0. The van der Waals surface area contributed by atoms with Crippen molar-refractivity contribution in [3.8, 4) is 0 Å². The highest BCUT2D eigenvalue weighted by molar-refractivity contribution is 9.09. The van der Waals surface area contributed by atoms with Crippen molar-refractivity contribution < 1.29 is 0 Å². The van der Waals surface area contributed by atoms with Gasteiger partial charge in [-0.1, -0.05) is 60.2 Å². The van der Waals surface area contributed by atoms with Crippen molar-refractivity contribution in [2.45, 2.75) is 26.7 Å². The Morgan fingerprint density at radius 2 is 2.07 bits per heavy atom. The van der Waals surface area contributed by atoms with Gasteiger partial charge in [0.2, 0.25) is 0 Å². The summed E-state index contributed by atoms with van der Waals surface area (Å²) in [5.74, 6) is 0.585. The molecule has 2 heteroatoms. The zero-order chi connectivity index (χ0) is 10.7. The SMILES string of the molecule is Cc1cc(C(=S)CBr)ccc1C(C)C. The third-order valence-electron chi connectivity index (χ3n) is 2.34. The first-order valence-electron chi connectivity index (χ1n) is 4.76. The van der Waals surface area contributed by atoms with E-state index in [4.69, 9.17) is 12.2 Å². The first kappa shape index (κ1) is 11.9. The molecule has 0 bridgehead atoms. The highest BCUT2D eigenvalue weighted by Crippen LogP contribution is 2.20. The summed E-state index contributed by atoms with van der Waals surface area (Å²) in [6.45, 7) is 6.57. The second kappa shape index (κ2) is 5.04. The van der Waals surface area contributed by atoms with Gasteiger partial charge in [-0.15, -0.1) is 0 Å². The van der Waals surface area contributed by atoms with E-state index in [1.807, 2.05) is 0 Å². The zero-order valence-electron chi connectivity index (χ0n) is 8.80. The number of alkyl halides is 1. The van der Waals surface area contributed by atoms with E-state index in [2.05, 4.69) is 54.9 Å². The largest absolute Gasteiger partial charge is 0.0867 e. The maximum Gasteiger partial charge on any atom is 0.0391 e. The van der Waals surface area contributed by atoms with Crippen LogP contribution in [-0.2, 0) is 0 Å². The van der Waals surface area contributed by atoms with E-state index in [1.54, 1.807) is 0 Å². The van der Waals surface area contributed by atoms with Gasteiger partial charge < -0.3 is 0 Å². The third kappa shape index (κ3) is 2.64. The van der Waals surface area contributed by atoms with Crippen molar-refractivity contribution >= 4 is 33.0 Å². The van der Waals surface area contributed by atoms with E-state index in [9.17, 15) is 0 Å². The lowest BCUT2D eigenvalue weighted by molar-refractivity contribution is 0.856. The number of hydrogen-bond donors (Lipinski definition) is 0. The van der Waals surface area contributed by atoms with Crippen LogP contribution in [0.2, 0.25) is 0 Å². The molecule has 0 fully saturated rings. The number of thiocarbonyl (C=S) groups is 1. The molecule has 0 aliphatic heterocycles. The Balaban J connectivity index is 3.06. The van der Waals surface area contributed by atoms with Crippen LogP contribution in [0.5, 0.6) is 0 Å². The molecule has 0 saturated heterocycles. The highest BCUT2D eigenvalue weighted by atomic mass is 79.9. The Morgan fingerprint density at radius 1 is 1.43 bits per heavy atom. The topological polar surface area (TPSA) is 0 Å². The monoisotopic (exact) mass is 270 g/mol. The fourth-order valence-electron chi connectivity index (χ4n) is 1.57. The summed E-state index contributed by atoms with van der Waals surface area (Å²) in [5, 5.41) is 0.767. The maximum atomic E-state index is 5.24. The number of halogens is 1. The molecule has 76 valence electrons. The lowest BCUT2D eigenvalue weighted by atomic mass is 9.96. The van der Waals surface area contributed by atoms with Crippen molar-refractivity contribution in [2.24, 2.45) is 0 Å². The quantitative estimate of drug-likeness (QED) is 0.450. The first-order valence-corrected chi connectivity index (χ1v) is 6.29. The minimum atomic E-state index is 0.585. The van der Waals surface area contributed by atoms with Crippen LogP contribution >= 0.6 is 28.1 Å². The summed E-state index contributed by atoms with van der Waals surface area (Å²) in [6, 6.07) is 6.48. The van der Waals surface area contributed by atoms with E-state index in [0.29, 0.717) is 5.92 Å². The molecule has 14 heavy (non-hydrogen) atoms. The predicted molar refractivity (Wildman–Crippen MR) is 70.8 cm³/mol. The van der Waals surface area contributed by atoms with Crippen LogP contribution in [-0.4, -0.2) is 10.2 Å². The molecular weight excluding hydrogens is 256 g/mol. The van der Waals surface area contributed by atoms with Crippen LogP contribution < -0.4 is 0 Å². The van der Waals surface area contributed by atoms with Crippen molar-refractivity contribution in [1.29, 1.82) is 0 Å². The number of benzene rings is 1. The zero-order valence-corrected chi connectivity index (χ0v) is 11.2.